The highest BCUT2D eigenvalue weighted by Gasteiger charge is 2.40. The minimum Gasteiger partial charge on any atom is -0.480 e. The Morgan fingerprint density at radius 2 is 0.585 bits per heavy atom. The number of carboxylic acids is 1. The number of aliphatic carboxylic acids is 1. The van der Waals surface area contributed by atoms with Crippen molar-refractivity contribution in [2.75, 3.05) is 16.3 Å². The number of benzene rings is 16. The fourth-order valence-electron chi connectivity index (χ4n) is 26.3. The van der Waals surface area contributed by atoms with Gasteiger partial charge in [-0.2, -0.15) is 0 Å². The SMILES string of the molecule is CCCCC(CC)Cn1c2cc(N(c3ccc(C(C)(C)CC(C)(C)C)cc3)c3ccc(C(C)(C)CC(C)(C)C)cc3)ccc2c2c3cccc4c5ccc6c7c(ccc(c(cc21)c43)c75)C(=O)N(CC(=O)O)C6=O.CCCCC(CC)Cn1c2cc(N(c3ccc(C(C)(C)CC(C)(C)C)cc3)c3ccc(C(C)(C)CC(C)(C)C)cc3)ccc2c2c3cccc4c5ccc6c7c(ccc(c(cc21)c43)c75)C(=O)OC6=O. The maximum absolute atomic E-state index is 13.9. The number of fused-ring (bicyclic) bond motifs is 12. The number of amides is 2. The molecule has 16 aromatic carbocycles. The maximum atomic E-state index is 13.9. The summed E-state index contributed by atoms with van der Waals surface area (Å²) in [5.74, 6) is -2.59. The van der Waals surface area contributed by atoms with Crippen molar-refractivity contribution < 1.29 is 33.8 Å². The standard InChI is InChI=1S/C66H73N3O4.C64H70N2O3/c1-13-15-17-40(14-2)36-67-54-34-45(69(43-24-20-41(21-25-43)65(9,10)38-63(3,4)5)44-26-22-42(23-27-44)66(11,12)39-64(6,7)8)28-29-49(54)58-50-19-16-18-46-47-30-32-51-60-52(62(73)68(61(51)72)37-56(70)71)33-31-48(59(47)60)53(57(46)50)35-55(58)67;1-13-15-17-39(14-2)36-65-53-34-44(66(42-24-20-40(21-25-42)63(9,10)37-61(3,4)5)43-26-22-41(23-27-43)64(11,12)38-62(6,7)8)28-29-48(53)56-49-19-16-18-45-46-30-32-50-58-51(60(68)69-59(50)67)33-31-47(57(46)58)52(55(45)49)35-54(56)65/h16,18-35,40H,13-15,17,36-39H2,1-12H3,(H,70,71);16,18-35,39H,13-15,17,36-38H2,1-12H3. The number of aromatic nitrogens is 2. The highest BCUT2D eigenvalue weighted by Crippen LogP contribution is 2.54. The number of nitrogens with zero attached hydrogens (tertiary/aromatic N) is 5. The number of anilines is 6. The second-order valence-corrected chi connectivity index (χ2v) is 49.3. The lowest BCUT2D eigenvalue weighted by Gasteiger charge is -2.34. The molecule has 1 N–H and O–H groups in total. The molecule has 12 heteroatoms. The van der Waals surface area contributed by atoms with Crippen LogP contribution in [0.2, 0.25) is 0 Å². The number of carbonyl (C=O) groups excluding carboxylic acids is 4. The molecule has 0 fully saturated rings. The molecule has 0 spiro atoms. The Hall–Kier alpha value is -12.9. The summed E-state index contributed by atoms with van der Waals surface area (Å²) in [6, 6.07) is 84.9. The number of carboxylic acid groups (broad SMARTS) is 1. The lowest BCUT2D eigenvalue weighted by Crippen LogP contribution is -2.43. The topological polar surface area (TPSA) is 134 Å². The lowest BCUT2D eigenvalue weighted by molar-refractivity contribution is -0.137. The van der Waals surface area contributed by atoms with Crippen molar-refractivity contribution in [3.05, 3.63) is 275 Å². The van der Waals surface area contributed by atoms with Gasteiger partial charge in [0, 0.05) is 90.7 Å². The Balaban J connectivity index is 0.000000181. The third kappa shape index (κ3) is 17.8. The molecule has 142 heavy (non-hydrogen) atoms. The molecule has 20 rings (SSSR count). The number of unbranched alkanes of at least 4 members (excludes halogenated alkanes) is 2. The van der Waals surface area contributed by atoms with Gasteiger partial charge in [-0.05, 0) is 301 Å². The van der Waals surface area contributed by atoms with Gasteiger partial charge in [-0.1, -0.05) is 326 Å². The molecular formula is C130H143N5O7. The van der Waals surface area contributed by atoms with Gasteiger partial charge >= 0.3 is 17.9 Å². The summed E-state index contributed by atoms with van der Waals surface area (Å²) in [5.41, 5.74) is 19.3. The van der Waals surface area contributed by atoms with Crippen LogP contribution in [0.3, 0.4) is 0 Å². The van der Waals surface area contributed by atoms with Crippen LogP contribution in [0, 0.1) is 33.5 Å². The first-order valence-electron chi connectivity index (χ1n) is 52.3. The number of esters is 2. The number of ether oxygens (including phenoxy) is 1. The van der Waals surface area contributed by atoms with Gasteiger partial charge in [0.25, 0.3) is 11.8 Å². The Kier molecular flexibility index (Phi) is 24.9. The molecule has 2 aliphatic rings. The van der Waals surface area contributed by atoms with Crippen molar-refractivity contribution in [1.29, 1.82) is 0 Å². The number of carbonyl (C=O) groups is 5. The summed E-state index contributed by atoms with van der Waals surface area (Å²) in [7, 11) is 0. The van der Waals surface area contributed by atoms with Crippen molar-refractivity contribution in [3.8, 4) is 0 Å². The normalized spacial score (nSPS) is 14.3. The van der Waals surface area contributed by atoms with E-state index in [0.717, 1.165) is 168 Å². The predicted molar refractivity (Wildman–Crippen MR) is 598 cm³/mol. The Labute approximate surface area is 838 Å². The number of imide groups is 1. The molecule has 2 amide bonds. The van der Waals surface area contributed by atoms with Crippen LogP contribution in [0.4, 0.5) is 34.1 Å². The Morgan fingerprint density at radius 1 is 0.303 bits per heavy atom. The zero-order chi connectivity index (χ0) is 101. The number of rotatable bonds is 28. The van der Waals surface area contributed by atoms with Gasteiger partial charge < -0.3 is 28.8 Å². The second kappa shape index (κ2) is 36.2. The third-order valence-corrected chi connectivity index (χ3v) is 31.3. The molecule has 0 radical (unpaired) electrons. The van der Waals surface area contributed by atoms with Crippen LogP contribution < -0.4 is 9.80 Å². The van der Waals surface area contributed by atoms with Gasteiger partial charge in [-0.3, -0.25) is 19.3 Å². The van der Waals surface area contributed by atoms with Gasteiger partial charge in [0.05, 0.1) is 33.2 Å². The van der Waals surface area contributed by atoms with Crippen molar-refractivity contribution in [3.63, 3.8) is 0 Å². The van der Waals surface area contributed by atoms with Gasteiger partial charge in [0.15, 0.2) is 0 Å². The van der Waals surface area contributed by atoms with Crippen LogP contribution in [-0.2, 0) is 44.3 Å². The van der Waals surface area contributed by atoms with Crippen LogP contribution >= 0.6 is 0 Å². The minimum absolute atomic E-state index is 0.00323. The van der Waals surface area contributed by atoms with E-state index in [1.807, 2.05) is 30.3 Å². The van der Waals surface area contributed by atoms with Crippen molar-refractivity contribution in [2.24, 2.45) is 33.5 Å². The second-order valence-electron chi connectivity index (χ2n) is 49.3. The summed E-state index contributed by atoms with van der Waals surface area (Å²) < 4.78 is 10.4. The summed E-state index contributed by atoms with van der Waals surface area (Å²) in [6.07, 6.45) is 13.5. The number of hydrogen-bond acceptors (Lipinski definition) is 8. The van der Waals surface area contributed by atoms with E-state index in [1.165, 1.54) is 102 Å². The maximum Gasteiger partial charge on any atom is 0.346 e. The van der Waals surface area contributed by atoms with E-state index in [1.54, 1.807) is 12.1 Å². The highest BCUT2D eigenvalue weighted by atomic mass is 16.6. The van der Waals surface area contributed by atoms with Gasteiger partial charge in [-0.25, -0.2) is 9.59 Å². The average Bonchev–Trinajstić information content (AvgIpc) is 1.27. The Bertz CT molecular complexity index is 7860. The zero-order valence-electron chi connectivity index (χ0n) is 88.3. The van der Waals surface area contributed by atoms with Crippen LogP contribution in [0.15, 0.2) is 231 Å². The van der Waals surface area contributed by atoms with Gasteiger partial charge in [0.1, 0.15) is 6.54 Å². The third-order valence-electron chi connectivity index (χ3n) is 31.3. The quantitative estimate of drug-likeness (QED) is 0.0167. The van der Waals surface area contributed by atoms with E-state index >= 15 is 0 Å². The van der Waals surface area contributed by atoms with E-state index in [4.69, 9.17) is 4.74 Å². The monoisotopic (exact) mass is 1890 g/mol. The molecule has 2 atom stereocenters. The molecule has 0 saturated heterocycles. The first kappa shape index (κ1) is 97.9. The molecule has 0 saturated carbocycles. The first-order chi connectivity index (χ1) is 67.2. The largest absolute Gasteiger partial charge is 0.480 e. The molecule has 2 unspecified atom stereocenters. The molecule has 18 aromatic rings. The van der Waals surface area contributed by atoms with E-state index in [-0.39, 0.29) is 43.3 Å². The molecule has 0 aliphatic carbocycles. The van der Waals surface area contributed by atoms with Crippen LogP contribution in [0.5, 0.6) is 0 Å². The lowest BCUT2D eigenvalue weighted by atomic mass is 9.72. The average molecular weight is 1890 g/mol. The van der Waals surface area contributed by atoms with E-state index < -0.39 is 36.3 Å². The molecule has 12 nitrogen and oxygen atoms in total. The zero-order valence-corrected chi connectivity index (χ0v) is 88.3. The minimum atomic E-state index is -1.23. The van der Waals surface area contributed by atoms with Gasteiger partial charge in [0.2, 0.25) is 0 Å². The summed E-state index contributed by atoms with van der Waals surface area (Å²) in [4.78, 5) is 71.8. The molecule has 2 aromatic heterocycles. The number of cyclic esters (lactones) is 2. The summed E-state index contributed by atoms with van der Waals surface area (Å²) in [6.45, 7) is 57.2. The van der Waals surface area contributed by atoms with E-state index in [2.05, 4.69) is 373 Å². The summed E-state index contributed by atoms with van der Waals surface area (Å²) >= 11 is 0. The molecule has 730 valence electrons. The number of hydrogen-bond donors (Lipinski definition) is 1. The van der Waals surface area contributed by atoms with E-state index in [9.17, 15) is 29.1 Å². The van der Waals surface area contributed by atoms with Gasteiger partial charge in [-0.15, -0.1) is 0 Å². The molecule has 4 heterocycles. The highest BCUT2D eigenvalue weighted by molar-refractivity contribution is 6.43. The fraction of sp³-hybridized carbons (Fsp3) is 0.377. The van der Waals surface area contributed by atoms with E-state index in [0.29, 0.717) is 44.9 Å². The molecule has 2 aliphatic heterocycles. The predicted octanol–water partition coefficient (Wildman–Crippen LogP) is 35.9. The Morgan fingerprint density at radius 3 is 0.887 bits per heavy atom. The summed E-state index contributed by atoms with van der Waals surface area (Å²) in [5, 5.41) is 30.8. The van der Waals surface area contributed by atoms with Crippen LogP contribution in [0.25, 0.3) is 130 Å². The van der Waals surface area contributed by atoms with Crippen molar-refractivity contribution in [1.82, 2.24) is 14.0 Å². The smallest absolute Gasteiger partial charge is 0.346 e. The van der Waals surface area contributed by atoms with Crippen molar-refractivity contribution >= 4 is 194 Å². The van der Waals surface area contributed by atoms with Crippen LogP contribution in [0.1, 0.15) is 307 Å². The first-order valence-corrected chi connectivity index (χ1v) is 52.3. The van der Waals surface area contributed by atoms with Crippen molar-refractivity contribution in [2.45, 2.75) is 278 Å². The fourth-order valence-corrected chi connectivity index (χ4v) is 26.3. The van der Waals surface area contributed by atoms with Crippen LogP contribution in [-0.4, -0.2) is 55.4 Å². The molecular weight excluding hydrogens is 1740 g/mol. The molecule has 0 bridgehead atoms.